The maximum atomic E-state index is 5.52. The third kappa shape index (κ3) is 6.20. The number of fused-ring (bicyclic) bond motifs is 9. The van der Waals surface area contributed by atoms with Gasteiger partial charge >= 0.3 is 0 Å². The third-order valence-electron chi connectivity index (χ3n) is 15.7. The van der Waals surface area contributed by atoms with Gasteiger partial charge in [0.25, 0.3) is 0 Å². The van der Waals surface area contributed by atoms with Gasteiger partial charge in [-0.05, 0) is 109 Å². The predicted molar refractivity (Wildman–Crippen MR) is 299 cm³/mol. The van der Waals surface area contributed by atoms with Crippen LogP contribution < -0.4 is 4.90 Å². The minimum atomic E-state index is -0.552. The largest absolute Gasteiger partial charge is 0.310 e. The van der Waals surface area contributed by atoms with Crippen LogP contribution in [0.15, 0.2) is 261 Å². The summed E-state index contributed by atoms with van der Waals surface area (Å²) < 4.78 is 2.19. The highest BCUT2D eigenvalue weighted by Gasteiger charge is 2.46. The molecule has 10 aromatic carbocycles. The Labute approximate surface area is 420 Å². The van der Waals surface area contributed by atoms with Crippen LogP contribution in [-0.2, 0) is 10.8 Å². The summed E-state index contributed by atoms with van der Waals surface area (Å²) in [5, 5.41) is 7.79. The summed E-state index contributed by atoms with van der Waals surface area (Å²) in [7, 11) is 0. The summed E-state index contributed by atoms with van der Waals surface area (Å²) in [6.45, 7) is 4.75. The zero-order valence-electron chi connectivity index (χ0n) is 40.2. The van der Waals surface area contributed by atoms with Gasteiger partial charge in [0.15, 0.2) is 0 Å². The second kappa shape index (κ2) is 16.3. The number of anilines is 3. The minimum absolute atomic E-state index is 0.186. The van der Waals surface area contributed by atoms with Crippen molar-refractivity contribution in [2.45, 2.75) is 24.7 Å². The van der Waals surface area contributed by atoms with E-state index in [1.807, 2.05) is 0 Å². The Morgan fingerprint density at radius 3 is 1.46 bits per heavy atom. The fourth-order valence-electron chi connectivity index (χ4n) is 12.4. The van der Waals surface area contributed by atoms with Crippen molar-refractivity contribution in [1.82, 2.24) is 9.61 Å². The molecule has 72 heavy (non-hydrogen) atoms. The van der Waals surface area contributed by atoms with Gasteiger partial charge in [0.1, 0.15) is 5.69 Å². The molecular formula is C69H49N3. The van der Waals surface area contributed by atoms with Gasteiger partial charge in [0.05, 0.1) is 16.6 Å². The molecule has 0 unspecified atom stereocenters. The molecule has 12 aromatic rings. The molecule has 2 aliphatic rings. The van der Waals surface area contributed by atoms with Crippen LogP contribution in [0.5, 0.6) is 0 Å². The van der Waals surface area contributed by atoms with Gasteiger partial charge < -0.3 is 4.90 Å². The second-order valence-corrected chi connectivity index (χ2v) is 19.9. The van der Waals surface area contributed by atoms with E-state index in [4.69, 9.17) is 5.10 Å². The second-order valence-electron chi connectivity index (χ2n) is 19.9. The zero-order chi connectivity index (χ0) is 48.0. The molecule has 14 rings (SSSR count). The number of benzene rings is 10. The predicted octanol–water partition coefficient (Wildman–Crippen LogP) is 17.6. The fraction of sp³-hybridized carbons (Fsp3) is 0.0580. The van der Waals surface area contributed by atoms with Crippen LogP contribution in [-0.4, -0.2) is 9.61 Å². The molecule has 0 bridgehead atoms. The Kier molecular flexibility index (Phi) is 9.46. The zero-order valence-corrected chi connectivity index (χ0v) is 40.2. The van der Waals surface area contributed by atoms with E-state index in [0.29, 0.717) is 0 Å². The van der Waals surface area contributed by atoms with Gasteiger partial charge in [-0.1, -0.05) is 232 Å². The van der Waals surface area contributed by atoms with Crippen molar-refractivity contribution in [2.75, 3.05) is 4.90 Å². The molecule has 0 radical (unpaired) electrons. The molecule has 2 aliphatic carbocycles. The van der Waals surface area contributed by atoms with E-state index in [0.717, 1.165) is 67.0 Å². The van der Waals surface area contributed by atoms with Gasteiger partial charge in [0.2, 0.25) is 0 Å². The SMILES string of the molecule is CC1(C)c2ccccc2-c2ccc(N(c3ccc4c(c3)C(c3ccccc3)(c3ccccc3)c3ccccc3-4)c3ccc4c(c3)cc(-c3ccccc3)n3nc(-c5ccccc5)c(-c5ccccc5)c43)cc21. The number of pyridine rings is 1. The van der Waals surface area contributed by atoms with Crippen LogP contribution in [0.1, 0.15) is 47.2 Å². The van der Waals surface area contributed by atoms with Gasteiger partial charge in [-0.2, -0.15) is 5.10 Å². The number of nitrogens with zero attached hydrogens (tertiary/aromatic N) is 3. The lowest BCUT2D eigenvalue weighted by molar-refractivity contribution is 0.660. The van der Waals surface area contributed by atoms with Crippen LogP contribution in [0.3, 0.4) is 0 Å². The Balaban J connectivity index is 1.06. The van der Waals surface area contributed by atoms with Crippen LogP contribution in [0.4, 0.5) is 17.1 Å². The first-order valence-corrected chi connectivity index (χ1v) is 25.0. The van der Waals surface area contributed by atoms with E-state index < -0.39 is 5.41 Å². The number of hydrogen-bond donors (Lipinski definition) is 0. The Bertz CT molecular complexity index is 4000. The lowest BCUT2D eigenvalue weighted by Crippen LogP contribution is -2.28. The number of rotatable bonds is 8. The molecule has 340 valence electrons. The molecule has 0 saturated carbocycles. The minimum Gasteiger partial charge on any atom is -0.310 e. The lowest BCUT2D eigenvalue weighted by atomic mass is 9.67. The maximum Gasteiger partial charge on any atom is 0.101 e. The monoisotopic (exact) mass is 919 g/mol. The van der Waals surface area contributed by atoms with Crippen molar-refractivity contribution in [3.8, 4) is 55.9 Å². The first-order valence-electron chi connectivity index (χ1n) is 25.0. The van der Waals surface area contributed by atoms with E-state index in [1.54, 1.807) is 0 Å². The molecule has 0 N–H and O–H groups in total. The average molecular weight is 920 g/mol. The molecule has 3 nitrogen and oxygen atoms in total. The molecular weight excluding hydrogens is 871 g/mol. The van der Waals surface area contributed by atoms with Crippen molar-refractivity contribution >= 4 is 33.4 Å². The Morgan fingerprint density at radius 2 is 0.833 bits per heavy atom. The Hall–Kier alpha value is -9.05. The summed E-state index contributed by atoms with van der Waals surface area (Å²) in [4.78, 5) is 2.50. The molecule has 3 heteroatoms. The normalized spacial score (nSPS) is 13.6. The molecule has 2 heterocycles. The molecule has 0 atom stereocenters. The van der Waals surface area contributed by atoms with Crippen LogP contribution in [0.25, 0.3) is 72.2 Å². The highest BCUT2D eigenvalue weighted by Crippen LogP contribution is 2.58. The standard InChI is InChI=1S/C69H49N3/c1-68(2)60-34-20-18-32-56(60)58-40-37-53(44-62(58)68)71(54-38-41-59-57-33-19-21-35-61(57)69(63(59)45-54,50-28-14-6-15-29-50)51-30-16-7-17-31-51)52-36-39-55-49(42-52)43-64(46-22-8-3-9-23-46)72-67(55)65(47-24-10-4-11-25-47)66(70-72)48-26-12-5-13-27-48/h3-45H,1-2H3. The molecule has 2 aromatic heterocycles. The first-order chi connectivity index (χ1) is 35.5. The maximum absolute atomic E-state index is 5.52. The van der Waals surface area contributed by atoms with Gasteiger partial charge in [-0.25, -0.2) is 4.52 Å². The highest BCUT2D eigenvalue weighted by atomic mass is 15.2. The van der Waals surface area contributed by atoms with E-state index >= 15 is 0 Å². The highest BCUT2D eigenvalue weighted by molar-refractivity contribution is 6.10. The first kappa shape index (κ1) is 41.9. The molecule has 0 saturated heterocycles. The van der Waals surface area contributed by atoms with Gasteiger partial charge in [-0.3, -0.25) is 0 Å². The number of aromatic nitrogens is 2. The van der Waals surface area contributed by atoms with Crippen molar-refractivity contribution in [2.24, 2.45) is 0 Å². The topological polar surface area (TPSA) is 20.5 Å². The smallest absolute Gasteiger partial charge is 0.101 e. The van der Waals surface area contributed by atoms with Crippen LogP contribution in [0.2, 0.25) is 0 Å². The van der Waals surface area contributed by atoms with E-state index in [1.165, 1.54) is 55.6 Å². The third-order valence-corrected chi connectivity index (χ3v) is 15.7. The van der Waals surface area contributed by atoms with E-state index in [2.05, 4.69) is 284 Å². The van der Waals surface area contributed by atoms with Gasteiger partial charge in [0, 0.05) is 44.6 Å². The van der Waals surface area contributed by atoms with E-state index in [9.17, 15) is 0 Å². The van der Waals surface area contributed by atoms with Crippen molar-refractivity contribution < 1.29 is 0 Å². The van der Waals surface area contributed by atoms with Crippen molar-refractivity contribution in [1.29, 1.82) is 0 Å². The van der Waals surface area contributed by atoms with Crippen LogP contribution in [0, 0.1) is 0 Å². The Morgan fingerprint density at radius 1 is 0.375 bits per heavy atom. The van der Waals surface area contributed by atoms with Crippen molar-refractivity contribution in [3.63, 3.8) is 0 Å². The summed E-state index contributed by atoms with van der Waals surface area (Å²) in [6, 6.07) is 96.0. The van der Waals surface area contributed by atoms with E-state index in [-0.39, 0.29) is 5.41 Å². The summed E-state index contributed by atoms with van der Waals surface area (Å²) in [5.41, 5.74) is 22.9. The fourth-order valence-corrected chi connectivity index (χ4v) is 12.4. The lowest BCUT2D eigenvalue weighted by Gasteiger charge is -2.35. The quantitative estimate of drug-likeness (QED) is 0.151. The summed E-state index contributed by atoms with van der Waals surface area (Å²) >= 11 is 0. The molecule has 0 aliphatic heterocycles. The average Bonchev–Trinajstić information content (AvgIpc) is 4.07. The molecule has 0 fully saturated rings. The number of hydrogen-bond acceptors (Lipinski definition) is 2. The van der Waals surface area contributed by atoms with Gasteiger partial charge in [-0.15, -0.1) is 0 Å². The summed E-state index contributed by atoms with van der Waals surface area (Å²) in [6.07, 6.45) is 0. The molecule has 0 spiro atoms. The summed E-state index contributed by atoms with van der Waals surface area (Å²) in [5.74, 6) is 0. The molecule has 0 amide bonds. The van der Waals surface area contributed by atoms with Crippen LogP contribution >= 0.6 is 0 Å². The van der Waals surface area contributed by atoms with Crippen molar-refractivity contribution in [3.05, 3.63) is 294 Å².